The van der Waals surface area contributed by atoms with E-state index in [1.165, 1.54) is 0 Å². The number of hydrogen-bond acceptors (Lipinski definition) is 5. The third kappa shape index (κ3) is 7.40. The molecule has 0 spiro atoms. The van der Waals surface area contributed by atoms with E-state index in [1.807, 2.05) is 45.0 Å². The molecule has 0 aliphatic heterocycles. The maximum Gasteiger partial charge on any atom is 0.253 e. The lowest BCUT2D eigenvalue weighted by atomic mass is 10.1. The maximum absolute atomic E-state index is 12.3. The molecule has 0 aromatic heterocycles. The van der Waals surface area contributed by atoms with E-state index >= 15 is 0 Å². The number of anilines is 2. The van der Waals surface area contributed by atoms with E-state index in [1.54, 1.807) is 29.2 Å². The van der Waals surface area contributed by atoms with Gasteiger partial charge in [-0.1, -0.05) is 0 Å². The van der Waals surface area contributed by atoms with Crippen LogP contribution in [0, 0.1) is 0 Å². The highest BCUT2D eigenvalue weighted by Gasteiger charge is 2.12. The standard InChI is InChI=1S/C23H31N3O4/c1-4-26(5-2)23(28)18-7-9-20(10-8-18)25-22(27)17-24-19-11-13-21(14-12-19)30-16-15-29-6-3/h7-14,24H,4-6,15-17H2,1-3H3,(H,25,27). The molecule has 7 heteroatoms. The summed E-state index contributed by atoms with van der Waals surface area (Å²) < 4.78 is 10.8. The van der Waals surface area contributed by atoms with Crippen molar-refractivity contribution >= 4 is 23.2 Å². The smallest absolute Gasteiger partial charge is 0.253 e. The van der Waals surface area contributed by atoms with Crippen LogP contribution in [0.1, 0.15) is 31.1 Å². The lowest BCUT2D eigenvalue weighted by Gasteiger charge is -2.18. The van der Waals surface area contributed by atoms with E-state index in [0.717, 1.165) is 11.4 Å². The van der Waals surface area contributed by atoms with E-state index in [2.05, 4.69) is 10.6 Å². The Morgan fingerprint density at radius 2 is 1.50 bits per heavy atom. The number of rotatable bonds is 12. The summed E-state index contributed by atoms with van der Waals surface area (Å²) in [6.07, 6.45) is 0. The Bertz CT molecular complexity index is 787. The summed E-state index contributed by atoms with van der Waals surface area (Å²) in [4.78, 5) is 26.3. The first-order valence-corrected chi connectivity index (χ1v) is 10.3. The number of carbonyl (C=O) groups excluding carboxylic acids is 2. The van der Waals surface area contributed by atoms with Crippen LogP contribution in [0.25, 0.3) is 0 Å². The second-order valence-corrected chi connectivity index (χ2v) is 6.53. The van der Waals surface area contributed by atoms with Gasteiger partial charge in [0.25, 0.3) is 5.91 Å². The van der Waals surface area contributed by atoms with Gasteiger partial charge in [-0.05, 0) is 69.3 Å². The second kappa shape index (κ2) is 12.5. The van der Waals surface area contributed by atoms with Crippen molar-refractivity contribution in [3.63, 3.8) is 0 Å². The predicted octanol–water partition coefficient (Wildman–Crippen LogP) is 3.63. The predicted molar refractivity (Wildman–Crippen MR) is 119 cm³/mol. The van der Waals surface area contributed by atoms with Gasteiger partial charge in [0.1, 0.15) is 12.4 Å². The first kappa shape index (κ1) is 23.2. The van der Waals surface area contributed by atoms with Crippen molar-refractivity contribution in [1.82, 2.24) is 4.90 Å². The van der Waals surface area contributed by atoms with E-state index in [9.17, 15) is 9.59 Å². The molecule has 0 atom stereocenters. The summed E-state index contributed by atoms with van der Waals surface area (Å²) in [5, 5.41) is 5.90. The van der Waals surface area contributed by atoms with E-state index in [-0.39, 0.29) is 18.4 Å². The van der Waals surface area contributed by atoms with Gasteiger partial charge in [-0.3, -0.25) is 9.59 Å². The molecule has 2 N–H and O–H groups in total. The molecule has 30 heavy (non-hydrogen) atoms. The van der Waals surface area contributed by atoms with Crippen molar-refractivity contribution in [2.24, 2.45) is 0 Å². The molecule has 0 saturated heterocycles. The molecule has 0 fully saturated rings. The van der Waals surface area contributed by atoms with Crippen LogP contribution in [-0.4, -0.2) is 56.2 Å². The zero-order chi connectivity index (χ0) is 21.8. The number of amides is 2. The largest absolute Gasteiger partial charge is 0.491 e. The average molecular weight is 414 g/mol. The van der Waals surface area contributed by atoms with Gasteiger partial charge in [0.05, 0.1) is 13.2 Å². The van der Waals surface area contributed by atoms with Crippen molar-refractivity contribution in [3.8, 4) is 5.75 Å². The van der Waals surface area contributed by atoms with Crippen LogP contribution >= 0.6 is 0 Å². The number of nitrogens with one attached hydrogen (secondary N) is 2. The van der Waals surface area contributed by atoms with Gasteiger partial charge in [-0.25, -0.2) is 0 Å². The van der Waals surface area contributed by atoms with Crippen molar-refractivity contribution in [1.29, 1.82) is 0 Å². The number of ether oxygens (including phenoxy) is 2. The van der Waals surface area contributed by atoms with Gasteiger partial charge in [-0.2, -0.15) is 0 Å². The maximum atomic E-state index is 12.3. The second-order valence-electron chi connectivity index (χ2n) is 6.53. The molecule has 0 heterocycles. The van der Waals surface area contributed by atoms with Crippen LogP contribution in [0.5, 0.6) is 5.75 Å². The van der Waals surface area contributed by atoms with Crippen molar-refractivity contribution in [2.45, 2.75) is 20.8 Å². The monoisotopic (exact) mass is 413 g/mol. The first-order valence-electron chi connectivity index (χ1n) is 10.3. The fourth-order valence-electron chi connectivity index (χ4n) is 2.81. The SMILES string of the molecule is CCOCCOc1ccc(NCC(=O)Nc2ccc(C(=O)N(CC)CC)cc2)cc1. The topological polar surface area (TPSA) is 79.9 Å². The van der Waals surface area contributed by atoms with Crippen LogP contribution in [0.3, 0.4) is 0 Å². The summed E-state index contributed by atoms with van der Waals surface area (Å²) in [6.45, 7) is 9.04. The molecule has 2 amide bonds. The van der Waals surface area contributed by atoms with E-state index in [4.69, 9.17) is 9.47 Å². The quantitative estimate of drug-likeness (QED) is 0.520. The van der Waals surface area contributed by atoms with Crippen molar-refractivity contribution in [3.05, 3.63) is 54.1 Å². The third-order valence-electron chi connectivity index (χ3n) is 4.47. The molecule has 0 bridgehead atoms. The summed E-state index contributed by atoms with van der Waals surface area (Å²) >= 11 is 0. The normalized spacial score (nSPS) is 10.4. The zero-order valence-electron chi connectivity index (χ0n) is 17.9. The number of nitrogens with zero attached hydrogens (tertiary/aromatic N) is 1. The molecule has 2 rings (SSSR count). The van der Waals surface area contributed by atoms with Crippen LogP contribution in [-0.2, 0) is 9.53 Å². The van der Waals surface area contributed by atoms with E-state index < -0.39 is 0 Å². The summed E-state index contributed by atoms with van der Waals surface area (Å²) in [7, 11) is 0. The molecule has 2 aromatic carbocycles. The Labute approximate surface area is 178 Å². The molecular weight excluding hydrogens is 382 g/mol. The van der Waals surface area contributed by atoms with Crippen LogP contribution in [0.4, 0.5) is 11.4 Å². The summed E-state index contributed by atoms with van der Waals surface area (Å²) in [5.41, 5.74) is 2.08. The molecule has 2 aromatic rings. The molecule has 0 unspecified atom stereocenters. The van der Waals surface area contributed by atoms with Crippen molar-refractivity contribution < 1.29 is 19.1 Å². The highest BCUT2D eigenvalue weighted by molar-refractivity contribution is 5.96. The van der Waals surface area contributed by atoms with Gasteiger partial charge in [0, 0.05) is 36.6 Å². The Hall–Kier alpha value is -3.06. The fourth-order valence-corrected chi connectivity index (χ4v) is 2.81. The average Bonchev–Trinajstić information content (AvgIpc) is 2.77. The van der Waals surface area contributed by atoms with E-state index in [0.29, 0.717) is 44.2 Å². The summed E-state index contributed by atoms with van der Waals surface area (Å²) in [6, 6.07) is 14.3. The van der Waals surface area contributed by atoms with Crippen molar-refractivity contribution in [2.75, 3.05) is 50.1 Å². The van der Waals surface area contributed by atoms with Gasteiger partial charge in [0.2, 0.25) is 5.91 Å². The highest BCUT2D eigenvalue weighted by atomic mass is 16.5. The molecule has 0 radical (unpaired) electrons. The Morgan fingerprint density at radius 1 is 0.867 bits per heavy atom. The minimum atomic E-state index is -0.171. The van der Waals surface area contributed by atoms with Gasteiger partial charge < -0.3 is 25.0 Å². The molecular formula is C23H31N3O4. The number of carbonyl (C=O) groups is 2. The van der Waals surface area contributed by atoms with Gasteiger partial charge in [0.15, 0.2) is 0 Å². The zero-order valence-corrected chi connectivity index (χ0v) is 17.9. The number of benzene rings is 2. The Kier molecular flexibility index (Phi) is 9.67. The summed E-state index contributed by atoms with van der Waals surface area (Å²) in [5.74, 6) is 0.573. The Balaban J connectivity index is 1.78. The van der Waals surface area contributed by atoms with Gasteiger partial charge in [-0.15, -0.1) is 0 Å². The first-order chi connectivity index (χ1) is 14.6. The lowest BCUT2D eigenvalue weighted by molar-refractivity contribution is -0.114. The molecule has 162 valence electrons. The minimum absolute atomic E-state index is 0.00939. The van der Waals surface area contributed by atoms with Crippen LogP contribution < -0.4 is 15.4 Å². The lowest BCUT2D eigenvalue weighted by Crippen LogP contribution is -2.30. The minimum Gasteiger partial charge on any atom is -0.491 e. The Morgan fingerprint density at radius 3 is 2.10 bits per heavy atom. The fraction of sp³-hybridized carbons (Fsp3) is 0.391. The number of hydrogen-bond donors (Lipinski definition) is 2. The highest BCUT2D eigenvalue weighted by Crippen LogP contribution is 2.16. The third-order valence-corrected chi connectivity index (χ3v) is 4.47. The molecule has 0 aliphatic carbocycles. The van der Waals surface area contributed by atoms with Gasteiger partial charge >= 0.3 is 0 Å². The van der Waals surface area contributed by atoms with Crippen LogP contribution in [0.2, 0.25) is 0 Å². The molecule has 0 aliphatic rings. The molecule has 7 nitrogen and oxygen atoms in total. The molecule has 0 saturated carbocycles. The van der Waals surface area contributed by atoms with Crippen LogP contribution in [0.15, 0.2) is 48.5 Å².